The fourth-order valence-electron chi connectivity index (χ4n) is 2.05. The molecule has 0 aliphatic rings. The number of rotatable bonds is 4. The number of benzene rings is 1. The lowest BCUT2D eigenvalue weighted by atomic mass is 10.1. The summed E-state index contributed by atoms with van der Waals surface area (Å²) in [5.74, 6) is -2.17. The number of halogens is 3. The average Bonchev–Trinajstić information content (AvgIpc) is 2.48. The second-order valence-electron chi connectivity index (χ2n) is 4.61. The number of carbonyl (C=O) groups is 1. The molecule has 0 amide bonds. The van der Waals surface area contributed by atoms with Gasteiger partial charge in [-0.15, -0.1) is 4.73 Å². The van der Waals surface area contributed by atoms with Gasteiger partial charge in [0.1, 0.15) is 5.75 Å². The molecule has 2 N–H and O–H groups in total. The van der Waals surface area contributed by atoms with Gasteiger partial charge < -0.3 is 15.3 Å². The smallest absolute Gasteiger partial charge is 0.493 e. The van der Waals surface area contributed by atoms with Gasteiger partial charge in [-0.2, -0.15) is 13.2 Å². The molecule has 6 nitrogen and oxygen atoms in total. The number of fused-ring (bicyclic) bond motifs is 1. The van der Waals surface area contributed by atoms with Crippen molar-refractivity contribution in [1.82, 2.24) is 4.73 Å². The Labute approximate surface area is 128 Å². The minimum Gasteiger partial charge on any atom is -0.496 e. The van der Waals surface area contributed by atoms with E-state index in [0.29, 0.717) is 27.9 Å². The lowest BCUT2D eigenvalue weighted by Crippen LogP contribution is -2.38. The molecule has 9 heteroatoms. The van der Waals surface area contributed by atoms with Gasteiger partial charge >= 0.3 is 12.1 Å². The largest absolute Gasteiger partial charge is 0.496 e. The highest BCUT2D eigenvalue weighted by Gasteiger charge is 2.42. The third kappa shape index (κ3) is 3.45. The lowest BCUT2D eigenvalue weighted by molar-refractivity contribution is -0.199. The number of carbonyl (C=O) groups excluding carboxylic acids is 1. The Morgan fingerprint density at radius 1 is 1.30 bits per heavy atom. The Morgan fingerprint density at radius 3 is 2.57 bits per heavy atom. The molecule has 0 unspecified atom stereocenters. The van der Waals surface area contributed by atoms with Crippen molar-refractivity contribution in [3.05, 3.63) is 40.2 Å². The molecule has 0 aliphatic heterocycles. The van der Waals surface area contributed by atoms with Crippen LogP contribution in [0, 0.1) is 0 Å². The van der Waals surface area contributed by atoms with Crippen LogP contribution in [0.3, 0.4) is 0 Å². The first-order valence-electron chi connectivity index (χ1n) is 6.50. The summed E-state index contributed by atoms with van der Waals surface area (Å²) < 4.78 is 42.6. The number of pyridine rings is 1. The molecule has 23 heavy (non-hydrogen) atoms. The number of aromatic nitrogens is 1. The summed E-state index contributed by atoms with van der Waals surface area (Å²) in [5.41, 5.74) is 5.15. The Hall–Kier alpha value is -2.55. The molecule has 1 aromatic heterocycles. The molecule has 0 spiro atoms. The number of ether oxygens (including phenoxy) is 1. The van der Waals surface area contributed by atoms with Crippen molar-refractivity contribution in [2.45, 2.75) is 12.6 Å². The summed E-state index contributed by atoms with van der Waals surface area (Å²) in [6.45, 7) is 0.286. The predicted molar refractivity (Wildman–Crippen MR) is 75.2 cm³/mol. The van der Waals surface area contributed by atoms with E-state index >= 15 is 0 Å². The number of nitrogens with two attached hydrogens (primary N) is 1. The maximum Gasteiger partial charge on any atom is 0.493 e. The number of methoxy groups -OCH3 is 1. The summed E-state index contributed by atoms with van der Waals surface area (Å²) >= 11 is 0. The molecule has 0 saturated carbocycles. The maximum absolute atomic E-state index is 12.4. The molecule has 0 bridgehead atoms. The van der Waals surface area contributed by atoms with Crippen LogP contribution < -0.4 is 20.9 Å². The molecular formula is C14H13F3N2O4. The average molecular weight is 330 g/mol. The molecule has 1 aromatic carbocycles. The van der Waals surface area contributed by atoms with E-state index in [1.165, 1.54) is 19.2 Å². The van der Waals surface area contributed by atoms with Gasteiger partial charge in [-0.3, -0.25) is 4.79 Å². The molecule has 0 saturated heterocycles. The highest BCUT2D eigenvalue weighted by Crippen LogP contribution is 2.27. The Morgan fingerprint density at radius 2 is 2.00 bits per heavy atom. The van der Waals surface area contributed by atoms with Crippen LogP contribution in [0.5, 0.6) is 5.75 Å². The highest BCUT2D eigenvalue weighted by atomic mass is 19.4. The summed E-state index contributed by atoms with van der Waals surface area (Å²) in [6, 6.07) is 5.43. The third-order valence-corrected chi connectivity index (χ3v) is 3.05. The van der Waals surface area contributed by atoms with E-state index < -0.39 is 17.7 Å². The van der Waals surface area contributed by atoms with Gasteiger partial charge in [0.25, 0.3) is 5.56 Å². The first kappa shape index (κ1) is 16.8. The number of alkyl halides is 3. The predicted octanol–water partition coefficient (Wildman–Crippen LogP) is 1.03. The zero-order chi connectivity index (χ0) is 17.2. The van der Waals surface area contributed by atoms with E-state index in [4.69, 9.17) is 10.5 Å². The molecule has 124 valence electrons. The Kier molecular flexibility index (Phi) is 4.60. The number of hydrogen-bond acceptors (Lipinski definition) is 5. The number of nitrogens with zero attached hydrogens (tertiary/aromatic N) is 1. The van der Waals surface area contributed by atoms with Crippen molar-refractivity contribution in [3.63, 3.8) is 0 Å². The Balaban J connectivity index is 2.67. The first-order valence-corrected chi connectivity index (χ1v) is 6.50. The maximum atomic E-state index is 12.4. The molecule has 0 atom stereocenters. The molecule has 2 rings (SSSR count). The summed E-state index contributed by atoms with van der Waals surface area (Å²) in [4.78, 5) is 27.1. The van der Waals surface area contributed by atoms with Crippen molar-refractivity contribution < 1.29 is 27.5 Å². The van der Waals surface area contributed by atoms with Crippen molar-refractivity contribution in [3.8, 4) is 5.75 Å². The zero-order valence-corrected chi connectivity index (χ0v) is 12.0. The second kappa shape index (κ2) is 6.29. The summed E-state index contributed by atoms with van der Waals surface area (Å²) in [6.07, 6.45) is -4.82. The minimum atomic E-state index is -5.22. The quantitative estimate of drug-likeness (QED) is 0.905. The van der Waals surface area contributed by atoms with Crippen LogP contribution in [0.25, 0.3) is 10.9 Å². The molecule has 0 fully saturated rings. The van der Waals surface area contributed by atoms with Gasteiger partial charge in [-0.05, 0) is 36.7 Å². The van der Waals surface area contributed by atoms with Gasteiger partial charge in [0.2, 0.25) is 0 Å². The molecule has 0 aliphatic carbocycles. The molecule has 2 aromatic rings. The summed E-state index contributed by atoms with van der Waals surface area (Å²) in [7, 11) is 1.37. The van der Waals surface area contributed by atoms with E-state index in [9.17, 15) is 22.8 Å². The van der Waals surface area contributed by atoms with Gasteiger partial charge in [0, 0.05) is 11.5 Å². The second-order valence-corrected chi connectivity index (χ2v) is 4.61. The van der Waals surface area contributed by atoms with Crippen molar-refractivity contribution in [2.24, 2.45) is 5.73 Å². The van der Waals surface area contributed by atoms with Crippen LogP contribution in [0.4, 0.5) is 13.2 Å². The van der Waals surface area contributed by atoms with Crippen LogP contribution in [-0.4, -0.2) is 30.5 Å². The number of hydrogen-bond donors (Lipinski definition) is 1. The van der Waals surface area contributed by atoms with Crippen molar-refractivity contribution in [2.75, 3.05) is 13.7 Å². The molecule has 0 radical (unpaired) electrons. The van der Waals surface area contributed by atoms with E-state index in [1.807, 2.05) is 0 Å². The van der Waals surface area contributed by atoms with Crippen LogP contribution in [0.2, 0.25) is 0 Å². The minimum absolute atomic E-state index is 0.0158. The summed E-state index contributed by atoms with van der Waals surface area (Å²) in [5, 5.41) is 0.322. The van der Waals surface area contributed by atoms with Gasteiger partial charge in [0.15, 0.2) is 0 Å². The van der Waals surface area contributed by atoms with Crippen LogP contribution in [0.1, 0.15) is 5.56 Å². The third-order valence-electron chi connectivity index (χ3n) is 3.05. The van der Waals surface area contributed by atoms with Gasteiger partial charge in [-0.1, -0.05) is 0 Å². The van der Waals surface area contributed by atoms with E-state index in [0.717, 1.165) is 6.07 Å². The first-order chi connectivity index (χ1) is 10.8. The lowest BCUT2D eigenvalue weighted by Gasteiger charge is -2.14. The SMILES string of the molecule is COc1cc(CCN)cc2c1ccc(=O)n2OC(=O)C(F)(F)F. The fourth-order valence-corrected chi connectivity index (χ4v) is 2.05. The molecular weight excluding hydrogens is 317 g/mol. The van der Waals surface area contributed by atoms with Crippen LogP contribution >= 0.6 is 0 Å². The van der Waals surface area contributed by atoms with Crippen LogP contribution in [0.15, 0.2) is 29.1 Å². The van der Waals surface area contributed by atoms with Gasteiger partial charge in [0.05, 0.1) is 12.6 Å². The van der Waals surface area contributed by atoms with E-state index in [1.54, 1.807) is 6.07 Å². The van der Waals surface area contributed by atoms with E-state index in [-0.39, 0.29) is 12.1 Å². The monoisotopic (exact) mass is 330 g/mol. The van der Waals surface area contributed by atoms with Crippen molar-refractivity contribution >= 4 is 16.9 Å². The fraction of sp³-hybridized carbons (Fsp3) is 0.286. The Bertz CT molecular complexity index is 799. The van der Waals surface area contributed by atoms with Crippen LogP contribution in [-0.2, 0) is 11.2 Å². The normalized spacial score (nSPS) is 11.5. The standard InChI is InChI=1S/C14H13F3N2O4/c1-22-11-7-8(4-5-18)6-10-9(11)2-3-12(20)19(10)23-13(21)14(15,16)17/h2-3,6-7H,4-5,18H2,1H3. The topological polar surface area (TPSA) is 83.6 Å². The highest BCUT2D eigenvalue weighted by molar-refractivity contribution is 5.87. The van der Waals surface area contributed by atoms with E-state index in [2.05, 4.69) is 4.84 Å². The van der Waals surface area contributed by atoms with Gasteiger partial charge in [-0.25, -0.2) is 4.79 Å². The molecule has 1 heterocycles. The van der Waals surface area contributed by atoms with Crippen molar-refractivity contribution in [1.29, 1.82) is 0 Å². The zero-order valence-electron chi connectivity index (χ0n) is 12.0.